The molecule has 6 heteroatoms. The summed E-state index contributed by atoms with van der Waals surface area (Å²) < 4.78 is 17.9. The minimum atomic E-state index is -0.624. The highest BCUT2D eigenvalue weighted by atomic mass is 19.1. The Labute approximate surface area is 91.5 Å². The lowest BCUT2D eigenvalue weighted by atomic mass is 10.3. The zero-order chi connectivity index (χ0) is 12.0. The topological polar surface area (TPSA) is 78.4 Å². The highest BCUT2D eigenvalue weighted by Crippen LogP contribution is 2.27. The summed E-state index contributed by atoms with van der Waals surface area (Å²) in [7, 11) is 0. The molecular formula is C10H11FN2O3. The molecule has 0 bridgehead atoms. The van der Waals surface area contributed by atoms with Gasteiger partial charge in [-0.3, -0.25) is 10.1 Å². The molecule has 5 nitrogen and oxygen atoms in total. The molecule has 1 rings (SSSR count). The molecule has 0 radical (unpaired) electrons. The van der Waals surface area contributed by atoms with Gasteiger partial charge in [0, 0.05) is 18.7 Å². The monoisotopic (exact) mass is 226 g/mol. The van der Waals surface area contributed by atoms with Crippen molar-refractivity contribution in [3.63, 3.8) is 0 Å². The van der Waals surface area contributed by atoms with E-state index >= 15 is 0 Å². The number of nitro benzene ring substituents is 1. The summed E-state index contributed by atoms with van der Waals surface area (Å²) in [5.74, 6) is -0.671. The first kappa shape index (κ1) is 12.1. The predicted molar refractivity (Wildman–Crippen MR) is 56.7 cm³/mol. The number of ether oxygens (including phenoxy) is 1. The minimum Gasteiger partial charge on any atom is -0.483 e. The fourth-order valence-corrected chi connectivity index (χ4v) is 1.06. The van der Waals surface area contributed by atoms with Crippen molar-refractivity contribution >= 4 is 5.69 Å². The highest BCUT2D eigenvalue weighted by molar-refractivity contribution is 5.46. The van der Waals surface area contributed by atoms with E-state index in [2.05, 4.69) is 0 Å². The standard InChI is InChI=1S/C10H11FN2O3/c11-8-3-4-9(13(14)15)10(7-8)16-6-2-1-5-12/h1-4,7H,5-6,12H2. The van der Waals surface area contributed by atoms with Gasteiger partial charge in [0.15, 0.2) is 5.75 Å². The van der Waals surface area contributed by atoms with E-state index in [4.69, 9.17) is 10.5 Å². The largest absolute Gasteiger partial charge is 0.483 e. The molecule has 0 aliphatic rings. The second kappa shape index (κ2) is 5.82. The summed E-state index contributed by atoms with van der Waals surface area (Å²) in [6.45, 7) is 0.468. The molecule has 0 heterocycles. The molecule has 0 saturated heterocycles. The lowest BCUT2D eigenvalue weighted by Gasteiger charge is -2.03. The van der Waals surface area contributed by atoms with Crippen molar-refractivity contribution in [1.29, 1.82) is 0 Å². The Morgan fingerprint density at radius 2 is 2.25 bits per heavy atom. The van der Waals surface area contributed by atoms with Gasteiger partial charge in [0.1, 0.15) is 12.4 Å². The van der Waals surface area contributed by atoms with Crippen LogP contribution in [0.15, 0.2) is 30.4 Å². The van der Waals surface area contributed by atoms with Gasteiger partial charge in [0.05, 0.1) is 4.92 Å². The Morgan fingerprint density at radius 3 is 2.88 bits per heavy atom. The molecular weight excluding hydrogens is 215 g/mol. The third kappa shape index (κ3) is 3.32. The maximum Gasteiger partial charge on any atom is 0.311 e. The van der Waals surface area contributed by atoms with Crippen molar-refractivity contribution in [1.82, 2.24) is 0 Å². The Hall–Kier alpha value is -1.95. The maximum atomic E-state index is 12.8. The van der Waals surface area contributed by atoms with E-state index < -0.39 is 10.7 Å². The van der Waals surface area contributed by atoms with Crippen molar-refractivity contribution in [3.05, 3.63) is 46.3 Å². The third-order valence-corrected chi connectivity index (χ3v) is 1.76. The molecule has 0 aliphatic carbocycles. The minimum absolute atomic E-state index is 0.0910. The quantitative estimate of drug-likeness (QED) is 0.470. The first-order chi connectivity index (χ1) is 7.65. The van der Waals surface area contributed by atoms with Crippen LogP contribution in [-0.4, -0.2) is 18.1 Å². The van der Waals surface area contributed by atoms with E-state index in [9.17, 15) is 14.5 Å². The zero-order valence-electron chi connectivity index (χ0n) is 8.43. The van der Waals surface area contributed by atoms with Crippen LogP contribution >= 0.6 is 0 Å². The molecule has 0 aromatic heterocycles. The maximum absolute atomic E-state index is 12.8. The molecule has 16 heavy (non-hydrogen) atoms. The summed E-state index contributed by atoms with van der Waals surface area (Å²) in [4.78, 5) is 9.96. The normalized spacial score (nSPS) is 10.6. The fourth-order valence-electron chi connectivity index (χ4n) is 1.06. The molecule has 86 valence electrons. The van der Waals surface area contributed by atoms with Crippen LogP contribution in [0.3, 0.4) is 0 Å². The molecule has 0 fully saturated rings. The zero-order valence-corrected chi connectivity index (χ0v) is 8.43. The molecule has 1 aromatic carbocycles. The third-order valence-electron chi connectivity index (χ3n) is 1.76. The molecule has 0 unspecified atom stereocenters. The summed E-state index contributed by atoms with van der Waals surface area (Å²) >= 11 is 0. The number of hydrogen-bond acceptors (Lipinski definition) is 4. The Morgan fingerprint density at radius 1 is 1.50 bits per heavy atom. The van der Waals surface area contributed by atoms with E-state index in [-0.39, 0.29) is 18.0 Å². The van der Waals surface area contributed by atoms with Crippen LogP contribution in [-0.2, 0) is 0 Å². The Kier molecular flexibility index (Phi) is 4.41. The molecule has 0 amide bonds. The molecule has 1 aromatic rings. The molecule has 2 N–H and O–H groups in total. The average Bonchev–Trinajstić information content (AvgIpc) is 2.24. The molecule has 0 spiro atoms. The van der Waals surface area contributed by atoms with Crippen LogP contribution in [0.25, 0.3) is 0 Å². The van der Waals surface area contributed by atoms with Gasteiger partial charge in [-0.05, 0) is 6.07 Å². The number of halogens is 1. The van der Waals surface area contributed by atoms with Gasteiger partial charge in [-0.15, -0.1) is 0 Å². The van der Waals surface area contributed by atoms with E-state index in [1.807, 2.05) is 0 Å². The van der Waals surface area contributed by atoms with Crippen LogP contribution in [0.5, 0.6) is 5.75 Å². The van der Waals surface area contributed by atoms with Crippen molar-refractivity contribution in [2.75, 3.05) is 13.2 Å². The van der Waals surface area contributed by atoms with Crippen LogP contribution < -0.4 is 10.5 Å². The predicted octanol–water partition coefficient (Wildman–Crippen LogP) is 1.63. The van der Waals surface area contributed by atoms with Crippen molar-refractivity contribution in [2.45, 2.75) is 0 Å². The average molecular weight is 226 g/mol. The van der Waals surface area contributed by atoms with Gasteiger partial charge < -0.3 is 10.5 Å². The second-order valence-electron chi connectivity index (χ2n) is 2.89. The van der Waals surface area contributed by atoms with Crippen molar-refractivity contribution in [3.8, 4) is 5.75 Å². The highest BCUT2D eigenvalue weighted by Gasteiger charge is 2.15. The van der Waals surface area contributed by atoms with E-state index in [1.165, 1.54) is 0 Å². The van der Waals surface area contributed by atoms with Gasteiger partial charge in [0.2, 0.25) is 0 Å². The summed E-state index contributed by atoms with van der Waals surface area (Å²) in [6, 6.07) is 3.06. The van der Waals surface area contributed by atoms with Crippen LogP contribution in [0.1, 0.15) is 0 Å². The first-order valence-corrected chi connectivity index (χ1v) is 4.57. The summed E-state index contributed by atoms with van der Waals surface area (Å²) in [5, 5.41) is 10.6. The van der Waals surface area contributed by atoms with E-state index in [0.717, 1.165) is 18.2 Å². The van der Waals surface area contributed by atoms with Gasteiger partial charge >= 0.3 is 5.69 Å². The number of nitrogens with zero attached hydrogens (tertiary/aromatic N) is 1. The molecule has 0 atom stereocenters. The lowest BCUT2D eigenvalue weighted by Crippen LogP contribution is -2.00. The van der Waals surface area contributed by atoms with Crippen LogP contribution in [0.2, 0.25) is 0 Å². The van der Waals surface area contributed by atoms with Gasteiger partial charge in [-0.25, -0.2) is 4.39 Å². The van der Waals surface area contributed by atoms with Gasteiger partial charge in [0.25, 0.3) is 0 Å². The van der Waals surface area contributed by atoms with E-state index in [1.54, 1.807) is 12.2 Å². The lowest BCUT2D eigenvalue weighted by molar-refractivity contribution is -0.385. The van der Waals surface area contributed by atoms with Crippen LogP contribution in [0, 0.1) is 15.9 Å². The van der Waals surface area contributed by atoms with Gasteiger partial charge in [-0.1, -0.05) is 12.2 Å². The number of hydrogen-bond donors (Lipinski definition) is 1. The number of rotatable bonds is 5. The van der Waals surface area contributed by atoms with E-state index in [0.29, 0.717) is 6.54 Å². The Balaban J connectivity index is 2.80. The Bertz CT molecular complexity index is 407. The van der Waals surface area contributed by atoms with Crippen molar-refractivity contribution in [2.24, 2.45) is 5.73 Å². The first-order valence-electron chi connectivity index (χ1n) is 4.57. The number of nitro groups is 1. The fraction of sp³-hybridized carbons (Fsp3) is 0.200. The molecule has 0 aliphatic heterocycles. The second-order valence-corrected chi connectivity index (χ2v) is 2.89. The smallest absolute Gasteiger partial charge is 0.311 e. The van der Waals surface area contributed by atoms with Crippen molar-refractivity contribution < 1.29 is 14.1 Å². The number of benzene rings is 1. The van der Waals surface area contributed by atoms with Crippen LogP contribution in [0.4, 0.5) is 10.1 Å². The summed E-state index contributed by atoms with van der Waals surface area (Å²) in [5.41, 5.74) is 4.94. The summed E-state index contributed by atoms with van der Waals surface area (Å²) in [6.07, 6.45) is 3.25. The van der Waals surface area contributed by atoms with Gasteiger partial charge in [-0.2, -0.15) is 0 Å². The SMILES string of the molecule is NCC=CCOc1cc(F)ccc1[N+](=O)[O-]. The molecule has 0 saturated carbocycles. The number of nitrogens with two attached hydrogens (primary N) is 1.